The second kappa shape index (κ2) is 6.74. The van der Waals surface area contributed by atoms with Gasteiger partial charge < -0.3 is 5.32 Å². The molecule has 0 bridgehead atoms. The molecule has 2 heteroatoms. The summed E-state index contributed by atoms with van der Waals surface area (Å²) in [6, 6.07) is 10.3. The first-order valence-electron chi connectivity index (χ1n) is 7.63. The van der Waals surface area contributed by atoms with Gasteiger partial charge >= 0.3 is 0 Å². The molecule has 0 unspecified atom stereocenters. The van der Waals surface area contributed by atoms with Crippen molar-refractivity contribution < 1.29 is 4.79 Å². The van der Waals surface area contributed by atoms with Crippen LogP contribution in [0.2, 0.25) is 0 Å². The van der Waals surface area contributed by atoms with Gasteiger partial charge in [-0.2, -0.15) is 0 Å². The molecule has 1 amide bonds. The van der Waals surface area contributed by atoms with Crippen LogP contribution in [0.4, 0.5) is 0 Å². The predicted molar refractivity (Wildman–Crippen MR) is 79.1 cm³/mol. The van der Waals surface area contributed by atoms with Gasteiger partial charge in [-0.3, -0.25) is 4.79 Å². The van der Waals surface area contributed by atoms with Crippen LogP contribution in [0.1, 0.15) is 57.4 Å². The van der Waals surface area contributed by atoms with Crippen molar-refractivity contribution in [3.63, 3.8) is 0 Å². The van der Waals surface area contributed by atoms with Crippen molar-refractivity contribution in [1.82, 2.24) is 5.32 Å². The van der Waals surface area contributed by atoms with Crippen LogP contribution in [0.3, 0.4) is 0 Å². The van der Waals surface area contributed by atoms with Crippen LogP contribution in [0.5, 0.6) is 0 Å². The number of carbonyl (C=O) groups excluding carboxylic acids is 1. The van der Waals surface area contributed by atoms with Crippen LogP contribution in [0, 0.1) is 0 Å². The summed E-state index contributed by atoms with van der Waals surface area (Å²) < 4.78 is 0. The van der Waals surface area contributed by atoms with E-state index in [1.54, 1.807) is 0 Å². The predicted octanol–water partition coefficient (Wildman–Crippen LogP) is 3.80. The van der Waals surface area contributed by atoms with Gasteiger partial charge in [-0.25, -0.2) is 0 Å². The van der Waals surface area contributed by atoms with Crippen LogP contribution in [-0.2, 0) is 10.2 Å². The van der Waals surface area contributed by atoms with Crippen molar-refractivity contribution >= 4 is 5.91 Å². The smallest absolute Gasteiger partial charge is 0.230 e. The quantitative estimate of drug-likeness (QED) is 0.741. The Hall–Kier alpha value is -1.31. The van der Waals surface area contributed by atoms with Crippen molar-refractivity contribution in [2.75, 3.05) is 6.54 Å². The highest BCUT2D eigenvalue weighted by atomic mass is 16.2. The zero-order valence-electron chi connectivity index (χ0n) is 12.0. The molecule has 1 fully saturated rings. The van der Waals surface area contributed by atoms with Crippen LogP contribution in [-0.4, -0.2) is 12.5 Å². The molecule has 1 saturated carbocycles. The third kappa shape index (κ3) is 3.17. The fourth-order valence-corrected chi connectivity index (χ4v) is 2.86. The SMILES string of the molecule is CCCCCCNC(=O)C1(c2ccccc2)CCC1. The fourth-order valence-electron chi connectivity index (χ4n) is 2.86. The maximum Gasteiger partial charge on any atom is 0.230 e. The van der Waals surface area contributed by atoms with Gasteiger partial charge in [0.2, 0.25) is 5.91 Å². The molecule has 0 saturated heterocycles. The van der Waals surface area contributed by atoms with Gasteiger partial charge in [-0.1, -0.05) is 62.9 Å². The largest absolute Gasteiger partial charge is 0.355 e. The molecule has 1 N–H and O–H groups in total. The van der Waals surface area contributed by atoms with Gasteiger partial charge in [0.1, 0.15) is 0 Å². The molecule has 104 valence electrons. The van der Waals surface area contributed by atoms with Crippen molar-refractivity contribution in [2.24, 2.45) is 0 Å². The summed E-state index contributed by atoms with van der Waals surface area (Å²) in [7, 11) is 0. The lowest BCUT2D eigenvalue weighted by Gasteiger charge is -2.40. The molecule has 1 aliphatic rings. The minimum absolute atomic E-state index is 0.230. The van der Waals surface area contributed by atoms with Gasteiger partial charge in [-0.05, 0) is 24.8 Å². The van der Waals surface area contributed by atoms with E-state index in [-0.39, 0.29) is 11.3 Å². The third-order valence-electron chi connectivity index (χ3n) is 4.28. The molecule has 1 aromatic rings. The molecule has 1 aliphatic carbocycles. The molecule has 0 heterocycles. The number of hydrogen-bond donors (Lipinski definition) is 1. The highest BCUT2D eigenvalue weighted by Crippen LogP contribution is 2.43. The number of hydrogen-bond acceptors (Lipinski definition) is 1. The van der Waals surface area contributed by atoms with Gasteiger partial charge in [0.05, 0.1) is 5.41 Å². The minimum atomic E-state index is -0.230. The Bertz CT molecular complexity index is 395. The monoisotopic (exact) mass is 259 g/mol. The van der Waals surface area contributed by atoms with E-state index in [2.05, 4.69) is 24.4 Å². The molecule has 0 aromatic heterocycles. The molecule has 19 heavy (non-hydrogen) atoms. The zero-order chi connectivity index (χ0) is 13.6. The topological polar surface area (TPSA) is 29.1 Å². The Labute approximate surface area is 116 Å². The number of benzene rings is 1. The fraction of sp³-hybridized carbons (Fsp3) is 0.588. The normalized spacial score (nSPS) is 16.7. The second-order valence-corrected chi connectivity index (χ2v) is 5.62. The van der Waals surface area contributed by atoms with Crippen LogP contribution in [0.25, 0.3) is 0 Å². The Kier molecular flexibility index (Phi) is 5.00. The van der Waals surface area contributed by atoms with E-state index in [1.165, 1.54) is 24.8 Å². The zero-order valence-corrected chi connectivity index (χ0v) is 12.0. The molecular weight excluding hydrogens is 234 g/mol. The molecule has 0 spiro atoms. The van der Waals surface area contributed by atoms with Crippen molar-refractivity contribution in [1.29, 1.82) is 0 Å². The van der Waals surface area contributed by atoms with Crippen molar-refractivity contribution in [2.45, 2.75) is 57.3 Å². The summed E-state index contributed by atoms with van der Waals surface area (Å²) in [5.41, 5.74) is 0.957. The number of amides is 1. The van der Waals surface area contributed by atoms with E-state index in [1.807, 2.05) is 18.2 Å². The van der Waals surface area contributed by atoms with Gasteiger partial charge in [0.25, 0.3) is 0 Å². The molecule has 1 aromatic carbocycles. The van der Waals surface area contributed by atoms with Gasteiger partial charge in [0, 0.05) is 6.54 Å². The number of rotatable bonds is 7. The highest BCUT2D eigenvalue weighted by molar-refractivity contribution is 5.89. The number of nitrogens with one attached hydrogen (secondary N) is 1. The Balaban J connectivity index is 1.89. The summed E-state index contributed by atoms with van der Waals surface area (Å²) >= 11 is 0. The van der Waals surface area contributed by atoms with Crippen LogP contribution < -0.4 is 5.32 Å². The first-order chi connectivity index (χ1) is 9.29. The first kappa shape index (κ1) is 14.1. The molecule has 2 nitrogen and oxygen atoms in total. The van der Waals surface area contributed by atoms with Crippen LogP contribution >= 0.6 is 0 Å². The minimum Gasteiger partial charge on any atom is -0.355 e. The summed E-state index contributed by atoms with van der Waals surface area (Å²) in [6.45, 7) is 3.03. The maximum absolute atomic E-state index is 12.5. The summed E-state index contributed by atoms with van der Waals surface area (Å²) in [5.74, 6) is 0.237. The molecule has 0 atom stereocenters. The van der Waals surface area contributed by atoms with E-state index in [0.29, 0.717) is 0 Å². The Morgan fingerprint density at radius 1 is 1.16 bits per heavy atom. The molecule has 0 radical (unpaired) electrons. The standard InChI is InChI=1S/C17H25NO/c1-2-3-4-8-14-18-16(19)17(12-9-13-17)15-10-6-5-7-11-15/h5-7,10-11H,2-4,8-9,12-14H2,1H3,(H,18,19). The Morgan fingerprint density at radius 2 is 1.89 bits per heavy atom. The molecule has 2 rings (SSSR count). The third-order valence-corrected chi connectivity index (χ3v) is 4.28. The van der Waals surface area contributed by atoms with E-state index in [9.17, 15) is 4.79 Å². The van der Waals surface area contributed by atoms with Crippen LogP contribution in [0.15, 0.2) is 30.3 Å². The lowest BCUT2D eigenvalue weighted by atomic mass is 9.64. The lowest BCUT2D eigenvalue weighted by Crippen LogP contribution is -2.49. The van der Waals surface area contributed by atoms with Crippen molar-refractivity contribution in [3.8, 4) is 0 Å². The van der Waals surface area contributed by atoms with E-state index in [4.69, 9.17) is 0 Å². The summed E-state index contributed by atoms with van der Waals surface area (Å²) in [5, 5.41) is 3.14. The van der Waals surface area contributed by atoms with Crippen molar-refractivity contribution in [3.05, 3.63) is 35.9 Å². The lowest BCUT2D eigenvalue weighted by molar-refractivity contribution is -0.129. The first-order valence-corrected chi connectivity index (χ1v) is 7.63. The Morgan fingerprint density at radius 3 is 2.47 bits per heavy atom. The summed E-state index contributed by atoms with van der Waals surface area (Å²) in [4.78, 5) is 12.5. The average molecular weight is 259 g/mol. The summed E-state index contributed by atoms with van der Waals surface area (Å²) in [6.07, 6.45) is 7.98. The van der Waals surface area contributed by atoms with Gasteiger partial charge in [0.15, 0.2) is 0 Å². The number of unbranched alkanes of at least 4 members (excludes halogenated alkanes) is 3. The maximum atomic E-state index is 12.5. The van der Waals surface area contributed by atoms with E-state index in [0.717, 1.165) is 32.2 Å². The molecular formula is C17H25NO. The number of carbonyl (C=O) groups is 1. The van der Waals surface area contributed by atoms with Gasteiger partial charge in [-0.15, -0.1) is 0 Å². The highest BCUT2D eigenvalue weighted by Gasteiger charge is 2.45. The van der Waals surface area contributed by atoms with E-state index >= 15 is 0 Å². The van der Waals surface area contributed by atoms with E-state index < -0.39 is 0 Å². The average Bonchev–Trinajstić information content (AvgIpc) is 2.38. The second-order valence-electron chi connectivity index (χ2n) is 5.62. The molecule has 0 aliphatic heterocycles.